The van der Waals surface area contributed by atoms with Crippen molar-refractivity contribution in [1.82, 2.24) is 10.6 Å². The maximum absolute atomic E-state index is 11.7. The second kappa shape index (κ2) is 9.57. The van der Waals surface area contributed by atoms with Crippen molar-refractivity contribution in [3.8, 4) is 0 Å². The van der Waals surface area contributed by atoms with E-state index >= 15 is 0 Å². The third-order valence-corrected chi connectivity index (χ3v) is 3.65. The number of carboxylic acid groups (broad SMARTS) is 1. The van der Waals surface area contributed by atoms with Gasteiger partial charge >= 0.3 is 12.0 Å². The first kappa shape index (κ1) is 17.7. The summed E-state index contributed by atoms with van der Waals surface area (Å²) in [6.07, 6.45) is 4.32. The minimum Gasteiger partial charge on any atom is -0.480 e. The molecule has 0 heterocycles. The van der Waals surface area contributed by atoms with Crippen LogP contribution >= 0.6 is 0 Å². The molecule has 0 bridgehead atoms. The molecule has 0 aromatic carbocycles. The Bertz CT molecular complexity index is 329. The monoisotopic (exact) mass is 302 g/mol. The van der Waals surface area contributed by atoms with Crippen LogP contribution in [0.3, 0.4) is 0 Å². The lowest BCUT2D eigenvalue weighted by atomic mass is 9.98. The number of amides is 2. The third kappa shape index (κ3) is 6.31. The first-order chi connectivity index (χ1) is 10.1. The molecule has 1 rings (SSSR count). The molecule has 2 amide bonds. The third-order valence-electron chi connectivity index (χ3n) is 3.65. The second-order valence-corrected chi connectivity index (χ2v) is 5.29. The van der Waals surface area contributed by atoms with Gasteiger partial charge in [-0.3, -0.25) is 0 Å². The van der Waals surface area contributed by atoms with E-state index in [9.17, 15) is 14.7 Å². The van der Waals surface area contributed by atoms with Gasteiger partial charge in [-0.05, 0) is 25.7 Å². The van der Waals surface area contributed by atoms with Gasteiger partial charge in [0.1, 0.15) is 5.54 Å². The minimum absolute atomic E-state index is 0.403. The van der Waals surface area contributed by atoms with Gasteiger partial charge in [-0.25, -0.2) is 9.59 Å². The van der Waals surface area contributed by atoms with Gasteiger partial charge < -0.3 is 25.2 Å². The van der Waals surface area contributed by atoms with Gasteiger partial charge in [0.2, 0.25) is 0 Å². The zero-order valence-corrected chi connectivity index (χ0v) is 12.7. The van der Waals surface area contributed by atoms with Crippen LogP contribution < -0.4 is 10.6 Å². The smallest absolute Gasteiger partial charge is 0.329 e. The summed E-state index contributed by atoms with van der Waals surface area (Å²) in [4.78, 5) is 23.0. The van der Waals surface area contributed by atoms with E-state index in [2.05, 4.69) is 10.6 Å². The molecule has 1 saturated carbocycles. The van der Waals surface area contributed by atoms with Gasteiger partial charge in [-0.2, -0.15) is 0 Å². The Morgan fingerprint density at radius 2 is 1.86 bits per heavy atom. The summed E-state index contributed by atoms with van der Waals surface area (Å²) >= 11 is 0. The van der Waals surface area contributed by atoms with Crippen LogP contribution in [0.1, 0.15) is 38.5 Å². The molecular weight excluding hydrogens is 276 g/mol. The van der Waals surface area contributed by atoms with Crippen molar-refractivity contribution in [2.24, 2.45) is 0 Å². The van der Waals surface area contributed by atoms with Crippen LogP contribution in [-0.4, -0.2) is 56.1 Å². The Hall–Kier alpha value is -1.34. The topological polar surface area (TPSA) is 96.9 Å². The van der Waals surface area contributed by atoms with Crippen LogP contribution in [0.15, 0.2) is 0 Å². The van der Waals surface area contributed by atoms with Crippen LogP contribution in [0.25, 0.3) is 0 Å². The fourth-order valence-electron chi connectivity index (χ4n) is 2.41. The van der Waals surface area contributed by atoms with Crippen LogP contribution in [0, 0.1) is 0 Å². The van der Waals surface area contributed by atoms with E-state index in [0.717, 1.165) is 25.7 Å². The van der Waals surface area contributed by atoms with Crippen molar-refractivity contribution in [3.63, 3.8) is 0 Å². The lowest BCUT2D eigenvalue weighted by Gasteiger charge is -2.25. The molecule has 21 heavy (non-hydrogen) atoms. The maximum Gasteiger partial charge on any atom is 0.329 e. The number of aliphatic carboxylic acids is 1. The molecule has 0 aliphatic heterocycles. The highest BCUT2D eigenvalue weighted by Gasteiger charge is 2.42. The molecule has 0 spiro atoms. The standard InChI is InChI=1S/C14H26N2O5/c1-20-10-11-21-9-5-4-8-15-13(19)16-14(12(17)18)6-2-3-7-14/h2-11H2,1H3,(H,17,18)(H2,15,16,19). The molecule has 3 N–H and O–H groups in total. The van der Waals surface area contributed by atoms with Crippen LogP contribution in [0.5, 0.6) is 0 Å². The highest BCUT2D eigenvalue weighted by atomic mass is 16.5. The Labute approximate surface area is 125 Å². The molecule has 7 nitrogen and oxygen atoms in total. The number of ether oxygens (including phenoxy) is 2. The Balaban J connectivity index is 2.09. The summed E-state index contributed by atoms with van der Waals surface area (Å²) in [6.45, 7) is 2.30. The Kier molecular flexibility index (Phi) is 8.07. The molecule has 1 fully saturated rings. The summed E-state index contributed by atoms with van der Waals surface area (Å²) < 4.78 is 10.2. The molecule has 0 aromatic heterocycles. The SMILES string of the molecule is COCCOCCCCNC(=O)NC1(C(=O)O)CCCC1. The van der Waals surface area contributed by atoms with E-state index in [1.165, 1.54) is 0 Å². The van der Waals surface area contributed by atoms with Crippen molar-refractivity contribution >= 4 is 12.0 Å². The van der Waals surface area contributed by atoms with Crippen molar-refractivity contribution in [3.05, 3.63) is 0 Å². The van der Waals surface area contributed by atoms with E-state index in [-0.39, 0.29) is 0 Å². The first-order valence-electron chi connectivity index (χ1n) is 7.47. The van der Waals surface area contributed by atoms with Crippen molar-refractivity contribution < 1.29 is 24.2 Å². The fourth-order valence-corrected chi connectivity index (χ4v) is 2.41. The molecule has 0 radical (unpaired) electrons. The van der Waals surface area contributed by atoms with Gasteiger partial charge in [0.15, 0.2) is 0 Å². The summed E-state index contributed by atoms with van der Waals surface area (Å²) in [5, 5.41) is 14.6. The molecular formula is C14H26N2O5. The number of rotatable bonds is 10. The quantitative estimate of drug-likeness (QED) is 0.526. The van der Waals surface area contributed by atoms with E-state index in [1.54, 1.807) is 7.11 Å². The Morgan fingerprint density at radius 3 is 2.48 bits per heavy atom. The number of methoxy groups -OCH3 is 1. The zero-order chi connectivity index (χ0) is 15.6. The van der Waals surface area contributed by atoms with Gasteiger partial charge in [0.25, 0.3) is 0 Å². The maximum atomic E-state index is 11.7. The van der Waals surface area contributed by atoms with Crippen molar-refractivity contribution in [2.75, 3.05) is 33.5 Å². The number of carbonyl (C=O) groups is 2. The highest BCUT2D eigenvalue weighted by Crippen LogP contribution is 2.29. The van der Waals surface area contributed by atoms with E-state index in [1.807, 2.05) is 0 Å². The molecule has 122 valence electrons. The van der Waals surface area contributed by atoms with E-state index < -0.39 is 17.5 Å². The number of unbranched alkanes of at least 4 members (excludes halogenated alkanes) is 1. The average Bonchev–Trinajstić information content (AvgIpc) is 2.91. The average molecular weight is 302 g/mol. The normalized spacial score (nSPS) is 16.6. The minimum atomic E-state index is -1.08. The lowest BCUT2D eigenvalue weighted by molar-refractivity contribution is -0.144. The first-order valence-corrected chi connectivity index (χ1v) is 7.47. The van der Waals surface area contributed by atoms with E-state index in [4.69, 9.17) is 9.47 Å². The Morgan fingerprint density at radius 1 is 1.14 bits per heavy atom. The second-order valence-electron chi connectivity index (χ2n) is 5.29. The molecule has 0 aromatic rings. The van der Waals surface area contributed by atoms with Gasteiger partial charge in [0.05, 0.1) is 13.2 Å². The molecule has 0 saturated heterocycles. The number of urea groups is 1. The van der Waals surface area contributed by atoms with Crippen LogP contribution in [0.2, 0.25) is 0 Å². The summed E-state index contributed by atoms with van der Waals surface area (Å²) in [5.41, 5.74) is -1.08. The van der Waals surface area contributed by atoms with Crippen LogP contribution in [-0.2, 0) is 14.3 Å². The number of hydrogen-bond acceptors (Lipinski definition) is 4. The molecule has 0 atom stereocenters. The van der Waals surface area contributed by atoms with Crippen molar-refractivity contribution in [2.45, 2.75) is 44.1 Å². The van der Waals surface area contributed by atoms with Gasteiger partial charge in [-0.1, -0.05) is 12.8 Å². The molecule has 1 aliphatic carbocycles. The fraction of sp³-hybridized carbons (Fsp3) is 0.857. The predicted octanol–water partition coefficient (Wildman–Crippen LogP) is 1.13. The summed E-state index contributed by atoms with van der Waals surface area (Å²) in [6, 6.07) is -0.403. The predicted molar refractivity (Wildman–Crippen MR) is 77.3 cm³/mol. The zero-order valence-electron chi connectivity index (χ0n) is 12.7. The highest BCUT2D eigenvalue weighted by molar-refractivity contribution is 5.86. The number of carbonyl (C=O) groups excluding carboxylic acids is 1. The number of hydrogen-bond donors (Lipinski definition) is 3. The number of nitrogens with one attached hydrogen (secondary N) is 2. The molecule has 1 aliphatic rings. The lowest BCUT2D eigenvalue weighted by Crippen LogP contribution is -2.55. The number of carboxylic acids is 1. The molecule has 0 unspecified atom stereocenters. The van der Waals surface area contributed by atoms with Crippen LogP contribution in [0.4, 0.5) is 4.79 Å². The van der Waals surface area contributed by atoms with Gasteiger partial charge in [-0.15, -0.1) is 0 Å². The van der Waals surface area contributed by atoms with Gasteiger partial charge in [0, 0.05) is 20.3 Å². The summed E-state index contributed by atoms with van der Waals surface area (Å²) in [5.74, 6) is -0.943. The molecule has 7 heteroatoms. The largest absolute Gasteiger partial charge is 0.480 e. The summed E-state index contributed by atoms with van der Waals surface area (Å²) in [7, 11) is 1.63. The van der Waals surface area contributed by atoms with E-state index in [0.29, 0.717) is 39.2 Å². The van der Waals surface area contributed by atoms with Crippen molar-refractivity contribution in [1.29, 1.82) is 0 Å².